The summed E-state index contributed by atoms with van der Waals surface area (Å²) in [6.07, 6.45) is 9.04. The highest BCUT2D eigenvalue weighted by atomic mass is 16.5. The Morgan fingerprint density at radius 3 is 3.00 bits per heavy atom. The first kappa shape index (κ1) is 12.7. The van der Waals surface area contributed by atoms with Crippen LogP contribution >= 0.6 is 0 Å². The number of rotatable bonds is 7. The van der Waals surface area contributed by atoms with Gasteiger partial charge in [-0.1, -0.05) is 11.6 Å². The number of nitrogens with one attached hydrogen (secondary N) is 1. The molecule has 0 aromatic heterocycles. The van der Waals surface area contributed by atoms with Crippen LogP contribution in [0.3, 0.4) is 0 Å². The first-order valence-corrected chi connectivity index (χ1v) is 6.32. The summed E-state index contributed by atoms with van der Waals surface area (Å²) in [7, 11) is 0. The van der Waals surface area contributed by atoms with Crippen LogP contribution in [-0.4, -0.2) is 25.8 Å². The molecule has 15 heavy (non-hydrogen) atoms. The Balaban J connectivity index is 2.02. The molecule has 1 aliphatic rings. The van der Waals surface area contributed by atoms with Gasteiger partial charge in [-0.3, -0.25) is 0 Å². The van der Waals surface area contributed by atoms with E-state index in [9.17, 15) is 0 Å². The van der Waals surface area contributed by atoms with E-state index in [1.807, 2.05) is 6.92 Å². The molecule has 0 heterocycles. The molecular weight excluding hydrogens is 186 g/mol. The van der Waals surface area contributed by atoms with E-state index in [1.54, 1.807) is 5.57 Å². The van der Waals surface area contributed by atoms with Gasteiger partial charge in [0.1, 0.15) is 0 Å². The van der Waals surface area contributed by atoms with Gasteiger partial charge in [0.2, 0.25) is 0 Å². The summed E-state index contributed by atoms with van der Waals surface area (Å²) in [6, 6.07) is 0.481. The zero-order chi connectivity index (χ0) is 10.9. The Kier molecular flexibility index (Phi) is 6.69. The third-order valence-electron chi connectivity index (χ3n) is 2.90. The van der Waals surface area contributed by atoms with Gasteiger partial charge in [-0.2, -0.15) is 0 Å². The minimum absolute atomic E-state index is 0.481. The van der Waals surface area contributed by atoms with Crippen molar-refractivity contribution in [3.05, 3.63) is 11.6 Å². The van der Waals surface area contributed by atoms with Gasteiger partial charge in [0.05, 0.1) is 6.61 Å². The fourth-order valence-corrected chi connectivity index (χ4v) is 1.96. The minimum Gasteiger partial charge on any atom is -0.380 e. The molecule has 0 radical (unpaired) electrons. The topological polar surface area (TPSA) is 21.3 Å². The molecule has 2 heteroatoms. The molecule has 0 saturated heterocycles. The second-order valence-corrected chi connectivity index (χ2v) is 4.37. The van der Waals surface area contributed by atoms with Crippen LogP contribution in [0.25, 0.3) is 0 Å². The number of hydrogen-bond acceptors (Lipinski definition) is 2. The molecule has 0 fully saturated rings. The summed E-state index contributed by atoms with van der Waals surface area (Å²) in [5.41, 5.74) is 1.65. The fourth-order valence-electron chi connectivity index (χ4n) is 1.96. The Labute approximate surface area is 94.1 Å². The number of hydrogen-bond donors (Lipinski definition) is 1. The smallest absolute Gasteiger partial charge is 0.0616 e. The molecule has 0 spiro atoms. The molecule has 0 saturated carbocycles. The highest BCUT2D eigenvalue weighted by molar-refractivity contribution is 5.05. The Bertz CT molecular complexity index is 189. The minimum atomic E-state index is 0.481. The van der Waals surface area contributed by atoms with Crippen LogP contribution in [0.15, 0.2) is 11.6 Å². The number of allylic oxidation sites excluding steroid dienone is 1. The lowest BCUT2D eigenvalue weighted by molar-refractivity contribution is 0.127. The summed E-state index contributed by atoms with van der Waals surface area (Å²) >= 11 is 0. The van der Waals surface area contributed by atoms with Crippen LogP contribution < -0.4 is 5.32 Å². The summed E-state index contributed by atoms with van der Waals surface area (Å²) < 4.78 is 5.36. The van der Waals surface area contributed by atoms with Gasteiger partial charge in [0.25, 0.3) is 0 Å². The average molecular weight is 211 g/mol. The molecule has 0 aliphatic heterocycles. The van der Waals surface area contributed by atoms with Gasteiger partial charge in [-0.15, -0.1) is 0 Å². The van der Waals surface area contributed by atoms with Crippen molar-refractivity contribution >= 4 is 0 Å². The highest BCUT2D eigenvalue weighted by Crippen LogP contribution is 2.19. The number of ether oxygens (including phenoxy) is 1. The second-order valence-electron chi connectivity index (χ2n) is 4.37. The van der Waals surface area contributed by atoms with E-state index in [-0.39, 0.29) is 0 Å². The first-order chi connectivity index (χ1) is 7.33. The predicted octanol–water partition coefficient (Wildman–Crippen LogP) is 2.89. The zero-order valence-electron chi connectivity index (χ0n) is 10.2. The lowest BCUT2D eigenvalue weighted by Gasteiger charge is -2.16. The van der Waals surface area contributed by atoms with Gasteiger partial charge in [0.15, 0.2) is 0 Å². The van der Waals surface area contributed by atoms with Gasteiger partial charge >= 0.3 is 0 Å². The third kappa shape index (κ3) is 5.95. The van der Waals surface area contributed by atoms with E-state index in [4.69, 9.17) is 4.74 Å². The van der Waals surface area contributed by atoms with E-state index in [0.717, 1.165) is 19.8 Å². The normalized spacial score (nSPS) is 18.7. The predicted molar refractivity (Wildman–Crippen MR) is 65.1 cm³/mol. The molecule has 88 valence electrons. The van der Waals surface area contributed by atoms with Crippen molar-refractivity contribution in [1.82, 2.24) is 5.32 Å². The largest absolute Gasteiger partial charge is 0.380 e. The maximum absolute atomic E-state index is 5.36. The van der Waals surface area contributed by atoms with Crippen LogP contribution in [-0.2, 0) is 4.74 Å². The van der Waals surface area contributed by atoms with Crippen molar-refractivity contribution in [2.24, 2.45) is 0 Å². The van der Waals surface area contributed by atoms with Crippen molar-refractivity contribution in [1.29, 1.82) is 0 Å². The standard InChI is InChI=1S/C13H25NO/c1-3-15-11-12(2)14-10-9-13-7-5-4-6-8-13/h7,12,14H,3-6,8-11H2,1-2H3. The molecule has 1 N–H and O–H groups in total. The van der Waals surface area contributed by atoms with E-state index in [2.05, 4.69) is 18.3 Å². The summed E-state index contributed by atoms with van der Waals surface area (Å²) in [4.78, 5) is 0. The van der Waals surface area contributed by atoms with E-state index in [0.29, 0.717) is 6.04 Å². The van der Waals surface area contributed by atoms with Gasteiger partial charge in [0, 0.05) is 12.6 Å². The van der Waals surface area contributed by atoms with Crippen molar-refractivity contribution in [2.45, 2.75) is 52.0 Å². The molecule has 0 bridgehead atoms. The van der Waals surface area contributed by atoms with Crippen molar-refractivity contribution < 1.29 is 4.74 Å². The van der Waals surface area contributed by atoms with Crippen LogP contribution in [0.2, 0.25) is 0 Å². The Morgan fingerprint density at radius 2 is 2.33 bits per heavy atom. The Morgan fingerprint density at radius 1 is 1.47 bits per heavy atom. The molecule has 1 aliphatic carbocycles. The molecular formula is C13H25NO. The highest BCUT2D eigenvalue weighted by Gasteiger charge is 2.04. The Hall–Kier alpha value is -0.340. The summed E-state index contributed by atoms with van der Waals surface area (Å²) in [5, 5.41) is 3.50. The van der Waals surface area contributed by atoms with E-state index < -0.39 is 0 Å². The summed E-state index contributed by atoms with van der Waals surface area (Å²) in [5.74, 6) is 0. The monoisotopic (exact) mass is 211 g/mol. The van der Waals surface area contributed by atoms with Crippen LogP contribution in [0.1, 0.15) is 46.0 Å². The van der Waals surface area contributed by atoms with Crippen LogP contribution in [0.4, 0.5) is 0 Å². The average Bonchev–Trinajstić information content (AvgIpc) is 2.28. The van der Waals surface area contributed by atoms with Crippen LogP contribution in [0.5, 0.6) is 0 Å². The third-order valence-corrected chi connectivity index (χ3v) is 2.90. The lowest BCUT2D eigenvalue weighted by atomic mass is 9.97. The molecule has 0 amide bonds. The molecule has 1 unspecified atom stereocenters. The van der Waals surface area contributed by atoms with Crippen molar-refractivity contribution in [2.75, 3.05) is 19.8 Å². The van der Waals surface area contributed by atoms with Crippen LogP contribution in [0, 0.1) is 0 Å². The van der Waals surface area contributed by atoms with E-state index in [1.165, 1.54) is 32.1 Å². The van der Waals surface area contributed by atoms with Crippen molar-refractivity contribution in [3.63, 3.8) is 0 Å². The molecule has 1 rings (SSSR count). The first-order valence-electron chi connectivity index (χ1n) is 6.32. The van der Waals surface area contributed by atoms with Gasteiger partial charge < -0.3 is 10.1 Å². The van der Waals surface area contributed by atoms with E-state index >= 15 is 0 Å². The second kappa shape index (κ2) is 7.89. The SMILES string of the molecule is CCOCC(C)NCCC1=CCCCC1. The molecule has 1 atom stereocenters. The zero-order valence-corrected chi connectivity index (χ0v) is 10.2. The molecule has 2 nitrogen and oxygen atoms in total. The van der Waals surface area contributed by atoms with Gasteiger partial charge in [-0.25, -0.2) is 0 Å². The van der Waals surface area contributed by atoms with Gasteiger partial charge in [-0.05, 0) is 52.5 Å². The fraction of sp³-hybridized carbons (Fsp3) is 0.846. The molecule has 0 aromatic rings. The lowest BCUT2D eigenvalue weighted by Crippen LogP contribution is -2.31. The maximum atomic E-state index is 5.36. The van der Waals surface area contributed by atoms with Crippen molar-refractivity contribution in [3.8, 4) is 0 Å². The molecule has 0 aromatic carbocycles. The quantitative estimate of drug-likeness (QED) is 0.654. The summed E-state index contributed by atoms with van der Waals surface area (Å²) in [6.45, 7) is 6.97. The maximum Gasteiger partial charge on any atom is 0.0616 e.